The van der Waals surface area contributed by atoms with Crippen LogP contribution in [0.15, 0.2) is 23.1 Å². The summed E-state index contributed by atoms with van der Waals surface area (Å²) in [6.45, 7) is 9.82. The minimum Gasteiger partial charge on any atom is -0.378 e. The van der Waals surface area contributed by atoms with Crippen LogP contribution >= 0.6 is 0 Å². The highest BCUT2D eigenvalue weighted by atomic mass is 32.2. The highest BCUT2D eigenvalue weighted by Gasteiger charge is 2.23. The van der Waals surface area contributed by atoms with Gasteiger partial charge in [0.25, 0.3) is 5.69 Å². The van der Waals surface area contributed by atoms with Crippen LogP contribution in [0.3, 0.4) is 0 Å². The summed E-state index contributed by atoms with van der Waals surface area (Å²) in [5.41, 5.74) is 0.0772. The molecule has 1 aromatic carbocycles. The lowest BCUT2D eigenvalue weighted by molar-refractivity contribution is -0.384. The van der Waals surface area contributed by atoms with Crippen LogP contribution in [-0.2, 0) is 10.0 Å². The Bertz CT molecular complexity index is 732. The molecule has 1 atom stereocenters. The Morgan fingerprint density at radius 3 is 2.46 bits per heavy atom. The smallest absolute Gasteiger partial charge is 0.293 e. The van der Waals surface area contributed by atoms with Gasteiger partial charge in [-0.1, -0.05) is 6.92 Å². The van der Waals surface area contributed by atoms with Crippen molar-refractivity contribution in [3.8, 4) is 0 Å². The van der Waals surface area contributed by atoms with Gasteiger partial charge in [0.15, 0.2) is 0 Å². The number of nitro benzene ring substituents is 1. The molecule has 9 nitrogen and oxygen atoms in total. The van der Waals surface area contributed by atoms with Gasteiger partial charge < -0.3 is 10.2 Å². The number of nitrogens with zero attached hydrogens (tertiary/aromatic N) is 3. The van der Waals surface area contributed by atoms with Crippen molar-refractivity contribution in [3.63, 3.8) is 0 Å². The van der Waals surface area contributed by atoms with Crippen LogP contribution in [0.1, 0.15) is 13.8 Å². The monoisotopic (exact) mass is 385 g/mol. The summed E-state index contributed by atoms with van der Waals surface area (Å²) in [6, 6.07) is 4.11. The van der Waals surface area contributed by atoms with Gasteiger partial charge in [-0.15, -0.1) is 0 Å². The maximum atomic E-state index is 11.8. The molecule has 0 aromatic heterocycles. The van der Waals surface area contributed by atoms with E-state index in [1.807, 2.05) is 0 Å². The molecule has 1 aliphatic rings. The van der Waals surface area contributed by atoms with E-state index in [-0.39, 0.29) is 16.6 Å². The molecule has 1 aliphatic heterocycles. The van der Waals surface area contributed by atoms with Gasteiger partial charge in [-0.05, 0) is 32.6 Å². The molecule has 2 N–H and O–H groups in total. The number of benzene rings is 1. The number of nitro groups is 1. The van der Waals surface area contributed by atoms with Gasteiger partial charge in [-0.2, -0.15) is 0 Å². The maximum absolute atomic E-state index is 11.8. The Hall–Kier alpha value is -1.75. The van der Waals surface area contributed by atoms with E-state index in [1.54, 1.807) is 0 Å². The third-order valence-corrected chi connectivity index (χ3v) is 6.22. The Labute approximate surface area is 154 Å². The number of sulfonamides is 1. The molecule has 1 heterocycles. The van der Waals surface area contributed by atoms with Crippen molar-refractivity contribution in [1.29, 1.82) is 0 Å². The summed E-state index contributed by atoms with van der Waals surface area (Å²) >= 11 is 0. The molecule has 146 valence electrons. The highest BCUT2D eigenvalue weighted by Crippen LogP contribution is 2.27. The highest BCUT2D eigenvalue weighted by molar-refractivity contribution is 7.89. The van der Waals surface area contributed by atoms with E-state index in [9.17, 15) is 18.5 Å². The molecule has 2 rings (SSSR count). The molecule has 0 bridgehead atoms. The minimum absolute atomic E-state index is 0.124. The first-order valence-electron chi connectivity index (χ1n) is 8.70. The first-order valence-corrected chi connectivity index (χ1v) is 10.2. The Morgan fingerprint density at radius 1 is 1.27 bits per heavy atom. The predicted molar refractivity (Wildman–Crippen MR) is 101 cm³/mol. The van der Waals surface area contributed by atoms with Crippen molar-refractivity contribution < 1.29 is 13.3 Å². The van der Waals surface area contributed by atoms with Crippen molar-refractivity contribution in [2.24, 2.45) is 0 Å². The molecular formula is C16H27N5O4S. The van der Waals surface area contributed by atoms with Gasteiger partial charge in [-0.3, -0.25) is 15.0 Å². The van der Waals surface area contributed by atoms with Crippen LogP contribution in [0.25, 0.3) is 0 Å². The number of hydrogen-bond acceptors (Lipinski definition) is 7. The largest absolute Gasteiger partial charge is 0.378 e. The third kappa shape index (κ3) is 4.91. The Kier molecular flexibility index (Phi) is 6.93. The van der Waals surface area contributed by atoms with Crippen LogP contribution < -0.4 is 10.0 Å². The second kappa shape index (κ2) is 8.76. The maximum Gasteiger partial charge on any atom is 0.293 e. The summed E-state index contributed by atoms with van der Waals surface area (Å²) in [5.74, 6) is 0. The molecule has 1 unspecified atom stereocenters. The number of nitrogens with one attached hydrogen (secondary N) is 2. The molecule has 1 saturated heterocycles. The van der Waals surface area contributed by atoms with Crippen molar-refractivity contribution in [2.45, 2.75) is 24.8 Å². The van der Waals surface area contributed by atoms with E-state index in [2.05, 4.69) is 33.7 Å². The summed E-state index contributed by atoms with van der Waals surface area (Å²) in [7, 11) is -2.45. The van der Waals surface area contributed by atoms with Gasteiger partial charge in [0.1, 0.15) is 5.69 Å². The number of hydrogen-bond donors (Lipinski definition) is 2. The zero-order valence-electron chi connectivity index (χ0n) is 15.4. The van der Waals surface area contributed by atoms with Gasteiger partial charge in [0, 0.05) is 44.8 Å². The molecule has 0 radical (unpaired) electrons. The molecule has 0 spiro atoms. The molecule has 10 heteroatoms. The number of piperazine rings is 1. The lowest BCUT2D eigenvalue weighted by atomic mass is 10.2. The van der Waals surface area contributed by atoms with Crippen LogP contribution in [0.5, 0.6) is 0 Å². The average Bonchev–Trinajstić information content (AvgIpc) is 2.65. The van der Waals surface area contributed by atoms with Crippen molar-refractivity contribution in [1.82, 2.24) is 14.5 Å². The first kappa shape index (κ1) is 20.6. The van der Waals surface area contributed by atoms with E-state index in [0.717, 1.165) is 38.8 Å². The standard InChI is InChI=1S/C16H27N5O4S/c1-4-19-7-9-20(10-8-19)13(2)12-18-15-6-5-14(26(24,25)17-3)11-16(15)21(22)23/h5-6,11,13,17-18H,4,7-10,12H2,1-3H3. The van der Waals surface area contributed by atoms with Crippen molar-refractivity contribution in [2.75, 3.05) is 51.6 Å². The fourth-order valence-electron chi connectivity index (χ4n) is 3.00. The number of likely N-dealkylation sites (N-methyl/N-ethyl adjacent to an activating group) is 1. The zero-order valence-corrected chi connectivity index (χ0v) is 16.3. The third-order valence-electron chi connectivity index (χ3n) is 4.81. The lowest BCUT2D eigenvalue weighted by Gasteiger charge is -2.37. The second-order valence-electron chi connectivity index (χ2n) is 6.34. The van der Waals surface area contributed by atoms with E-state index in [1.165, 1.54) is 19.2 Å². The van der Waals surface area contributed by atoms with E-state index < -0.39 is 14.9 Å². The molecular weight excluding hydrogens is 358 g/mol. The van der Waals surface area contributed by atoms with Crippen LogP contribution in [0, 0.1) is 10.1 Å². The summed E-state index contributed by atoms with van der Waals surface area (Å²) in [5, 5.41) is 14.4. The van der Waals surface area contributed by atoms with Gasteiger partial charge >= 0.3 is 0 Å². The summed E-state index contributed by atoms with van der Waals surface area (Å²) < 4.78 is 25.9. The van der Waals surface area contributed by atoms with E-state index >= 15 is 0 Å². The predicted octanol–water partition coefficient (Wildman–Crippen LogP) is 0.941. The Balaban J connectivity index is 2.06. The normalized spacial score (nSPS) is 17.8. The molecule has 1 fully saturated rings. The van der Waals surface area contributed by atoms with Gasteiger partial charge in [0.05, 0.1) is 9.82 Å². The van der Waals surface area contributed by atoms with E-state index in [4.69, 9.17) is 0 Å². The van der Waals surface area contributed by atoms with Crippen molar-refractivity contribution in [3.05, 3.63) is 28.3 Å². The molecule has 0 aliphatic carbocycles. The van der Waals surface area contributed by atoms with Gasteiger partial charge in [-0.25, -0.2) is 13.1 Å². The first-order chi connectivity index (χ1) is 12.3. The number of rotatable bonds is 8. The van der Waals surface area contributed by atoms with Crippen LogP contribution in [0.4, 0.5) is 11.4 Å². The molecule has 0 amide bonds. The number of anilines is 1. The molecule has 1 aromatic rings. The lowest BCUT2D eigenvalue weighted by Crippen LogP contribution is -2.51. The average molecular weight is 385 g/mol. The minimum atomic E-state index is -3.72. The summed E-state index contributed by atoms with van der Waals surface area (Å²) in [4.78, 5) is 15.4. The fraction of sp³-hybridized carbons (Fsp3) is 0.625. The van der Waals surface area contributed by atoms with E-state index in [0.29, 0.717) is 12.2 Å². The summed E-state index contributed by atoms with van der Waals surface area (Å²) in [6.07, 6.45) is 0. The second-order valence-corrected chi connectivity index (χ2v) is 8.23. The van der Waals surface area contributed by atoms with Crippen LogP contribution in [0.2, 0.25) is 0 Å². The molecule has 26 heavy (non-hydrogen) atoms. The zero-order chi connectivity index (χ0) is 19.3. The molecule has 0 saturated carbocycles. The van der Waals surface area contributed by atoms with Crippen LogP contribution in [-0.4, -0.2) is 75.5 Å². The SMILES string of the molecule is CCN1CCN(C(C)CNc2ccc(S(=O)(=O)NC)cc2[N+](=O)[O-])CC1. The van der Waals surface area contributed by atoms with Gasteiger partial charge in [0.2, 0.25) is 10.0 Å². The quantitative estimate of drug-likeness (QED) is 0.506. The Morgan fingerprint density at radius 2 is 1.92 bits per heavy atom. The fourth-order valence-corrected chi connectivity index (χ4v) is 3.75. The topological polar surface area (TPSA) is 108 Å². The van der Waals surface area contributed by atoms with Crippen molar-refractivity contribution >= 4 is 21.4 Å².